The molecule has 6 heteroatoms. The third-order valence-electron chi connectivity index (χ3n) is 0.983. The van der Waals surface area contributed by atoms with Crippen molar-refractivity contribution in [2.75, 3.05) is 12.3 Å². The standard InChI is InChI=1S/C5H7N3O3/c1-2-10-5(9)3-4(6)8-11-7-3/h2H2,1H3,(H2,6,8). The van der Waals surface area contributed by atoms with Crippen molar-refractivity contribution in [1.82, 2.24) is 10.3 Å². The number of hydrogen-bond donors (Lipinski definition) is 1. The molecule has 0 aliphatic carbocycles. The van der Waals surface area contributed by atoms with E-state index >= 15 is 0 Å². The highest BCUT2D eigenvalue weighted by Gasteiger charge is 2.16. The highest BCUT2D eigenvalue weighted by Crippen LogP contribution is 2.04. The van der Waals surface area contributed by atoms with Crippen LogP contribution in [0.4, 0.5) is 5.82 Å². The molecule has 0 saturated carbocycles. The van der Waals surface area contributed by atoms with Crippen LogP contribution in [0.3, 0.4) is 0 Å². The molecular formula is C5H7N3O3. The Balaban J connectivity index is 2.76. The lowest BCUT2D eigenvalue weighted by atomic mass is 10.4. The van der Waals surface area contributed by atoms with Crippen molar-refractivity contribution in [3.05, 3.63) is 5.69 Å². The summed E-state index contributed by atoms with van der Waals surface area (Å²) < 4.78 is 8.77. The second-order valence-electron chi connectivity index (χ2n) is 1.72. The monoisotopic (exact) mass is 157 g/mol. The summed E-state index contributed by atoms with van der Waals surface area (Å²) >= 11 is 0. The number of nitrogens with two attached hydrogens (primary N) is 1. The molecule has 0 unspecified atom stereocenters. The quantitative estimate of drug-likeness (QED) is 0.599. The first-order valence-corrected chi connectivity index (χ1v) is 3.01. The number of carbonyl (C=O) groups excluding carboxylic acids is 1. The van der Waals surface area contributed by atoms with E-state index in [9.17, 15) is 4.79 Å². The minimum absolute atomic E-state index is 0.0524. The predicted octanol–water partition coefficient (Wildman–Crippen LogP) is -0.171. The van der Waals surface area contributed by atoms with Gasteiger partial charge in [0.1, 0.15) is 0 Å². The van der Waals surface area contributed by atoms with Gasteiger partial charge < -0.3 is 10.5 Å². The molecule has 0 atom stereocenters. The molecule has 0 amide bonds. The Morgan fingerprint density at radius 3 is 2.91 bits per heavy atom. The van der Waals surface area contributed by atoms with Crippen molar-refractivity contribution in [3.8, 4) is 0 Å². The fourth-order valence-corrected chi connectivity index (χ4v) is 0.537. The van der Waals surface area contributed by atoms with Gasteiger partial charge >= 0.3 is 5.97 Å². The Morgan fingerprint density at radius 2 is 2.45 bits per heavy atom. The molecule has 1 aromatic heterocycles. The zero-order valence-corrected chi connectivity index (χ0v) is 5.90. The molecule has 0 spiro atoms. The van der Waals surface area contributed by atoms with Gasteiger partial charge in [-0.1, -0.05) is 0 Å². The van der Waals surface area contributed by atoms with Crippen molar-refractivity contribution in [1.29, 1.82) is 0 Å². The normalized spacial score (nSPS) is 9.55. The van der Waals surface area contributed by atoms with Gasteiger partial charge in [-0.05, 0) is 17.2 Å². The minimum Gasteiger partial charge on any atom is -0.461 e. The highest BCUT2D eigenvalue weighted by molar-refractivity contribution is 5.91. The lowest BCUT2D eigenvalue weighted by Gasteiger charge is -1.94. The number of nitrogen functional groups attached to an aromatic ring is 1. The van der Waals surface area contributed by atoms with Gasteiger partial charge in [-0.25, -0.2) is 9.42 Å². The van der Waals surface area contributed by atoms with Crippen LogP contribution in [0, 0.1) is 0 Å². The van der Waals surface area contributed by atoms with Crippen LogP contribution in [-0.4, -0.2) is 22.9 Å². The van der Waals surface area contributed by atoms with Crippen molar-refractivity contribution in [2.45, 2.75) is 6.92 Å². The van der Waals surface area contributed by atoms with Gasteiger partial charge in [0.05, 0.1) is 6.61 Å². The first-order chi connectivity index (χ1) is 5.25. The number of rotatable bonds is 2. The largest absolute Gasteiger partial charge is 0.461 e. The average molecular weight is 157 g/mol. The van der Waals surface area contributed by atoms with Crippen LogP contribution >= 0.6 is 0 Å². The number of nitrogens with zero attached hydrogens (tertiary/aromatic N) is 2. The van der Waals surface area contributed by atoms with Gasteiger partial charge in [0.25, 0.3) is 0 Å². The molecule has 0 aliphatic heterocycles. The van der Waals surface area contributed by atoms with Crippen LogP contribution in [0.25, 0.3) is 0 Å². The van der Waals surface area contributed by atoms with Crippen molar-refractivity contribution in [2.24, 2.45) is 0 Å². The van der Waals surface area contributed by atoms with Crippen LogP contribution in [0.5, 0.6) is 0 Å². The lowest BCUT2D eigenvalue weighted by Crippen LogP contribution is -2.07. The van der Waals surface area contributed by atoms with Crippen LogP contribution < -0.4 is 5.73 Å². The van der Waals surface area contributed by atoms with E-state index in [0.717, 1.165) is 0 Å². The number of aromatic nitrogens is 2. The molecule has 2 N–H and O–H groups in total. The number of ether oxygens (including phenoxy) is 1. The third kappa shape index (κ3) is 1.46. The Morgan fingerprint density at radius 1 is 1.73 bits per heavy atom. The topological polar surface area (TPSA) is 91.2 Å². The lowest BCUT2D eigenvalue weighted by molar-refractivity contribution is 0.0515. The zero-order chi connectivity index (χ0) is 8.27. The fraction of sp³-hybridized carbons (Fsp3) is 0.400. The Hall–Kier alpha value is -1.59. The summed E-state index contributed by atoms with van der Waals surface area (Å²) in [5.41, 5.74) is 5.13. The zero-order valence-electron chi connectivity index (χ0n) is 5.90. The minimum atomic E-state index is -0.619. The summed E-state index contributed by atoms with van der Waals surface area (Å²) in [7, 11) is 0. The van der Waals surface area contributed by atoms with Crippen LogP contribution in [0.15, 0.2) is 4.63 Å². The summed E-state index contributed by atoms with van der Waals surface area (Å²) in [6.07, 6.45) is 0. The van der Waals surface area contributed by atoms with Crippen molar-refractivity contribution < 1.29 is 14.2 Å². The second-order valence-corrected chi connectivity index (χ2v) is 1.72. The van der Waals surface area contributed by atoms with Crippen molar-refractivity contribution in [3.63, 3.8) is 0 Å². The first-order valence-electron chi connectivity index (χ1n) is 3.01. The number of anilines is 1. The van der Waals surface area contributed by atoms with E-state index in [0.29, 0.717) is 0 Å². The van der Waals surface area contributed by atoms with Crippen LogP contribution in [-0.2, 0) is 4.74 Å². The SMILES string of the molecule is CCOC(=O)c1nonc1N. The molecule has 0 fully saturated rings. The summed E-state index contributed by atoms with van der Waals surface area (Å²) in [5.74, 6) is -0.672. The smallest absolute Gasteiger partial charge is 0.364 e. The third-order valence-corrected chi connectivity index (χ3v) is 0.983. The molecule has 6 nitrogen and oxygen atoms in total. The molecular weight excluding hydrogens is 150 g/mol. The molecule has 0 aliphatic rings. The van der Waals surface area contributed by atoms with E-state index in [1.54, 1.807) is 6.92 Å². The van der Waals surface area contributed by atoms with Gasteiger partial charge in [0.15, 0.2) is 0 Å². The van der Waals surface area contributed by atoms with Gasteiger partial charge in [0.2, 0.25) is 11.5 Å². The molecule has 11 heavy (non-hydrogen) atoms. The van der Waals surface area contributed by atoms with Gasteiger partial charge in [-0.2, -0.15) is 0 Å². The van der Waals surface area contributed by atoms with E-state index < -0.39 is 5.97 Å². The van der Waals surface area contributed by atoms with Gasteiger partial charge in [0, 0.05) is 0 Å². The van der Waals surface area contributed by atoms with E-state index in [-0.39, 0.29) is 18.1 Å². The molecule has 0 saturated heterocycles. The maximum Gasteiger partial charge on any atom is 0.364 e. The highest BCUT2D eigenvalue weighted by atomic mass is 16.6. The summed E-state index contributed by atoms with van der Waals surface area (Å²) in [5, 5.41) is 6.46. The summed E-state index contributed by atoms with van der Waals surface area (Å²) in [4.78, 5) is 10.9. The van der Waals surface area contributed by atoms with Gasteiger partial charge in [-0.15, -0.1) is 0 Å². The molecule has 60 valence electrons. The Kier molecular flexibility index (Phi) is 2.05. The maximum atomic E-state index is 10.9. The molecule has 0 radical (unpaired) electrons. The fourth-order valence-electron chi connectivity index (χ4n) is 0.537. The number of esters is 1. The summed E-state index contributed by atoms with van der Waals surface area (Å²) in [6.45, 7) is 1.95. The predicted molar refractivity (Wildman–Crippen MR) is 34.7 cm³/mol. The average Bonchev–Trinajstić information content (AvgIpc) is 2.36. The number of hydrogen-bond acceptors (Lipinski definition) is 6. The van der Waals surface area contributed by atoms with E-state index in [4.69, 9.17) is 5.73 Å². The summed E-state index contributed by atoms with van der Waals surface area (Å²) in [6, 6.07) is 0. The molecule has 0 aromatic carbocycles. The van der Waals surface area contributed by atoms with E-state index in [2.05, 4.69) is 19.7 Å². The first kappa shape index (κ1) is 7.52. The molecule has 1 rings (SSSR count). The molecule has 0 bridgehead atoms. The van der Waals surface area contributed by atoms with Crippen LogP contribution in [0.1, 0.15) is 17.4 Å². The van der Waals surface area contributed by atoms with Crippen LogP contribution in [0.2, 0.25) is 0 Å². The van der Waals surface area contributed by atoms with Gasteiger partial charge in [-0.3, -0.25) is 0 Å². The Bertz CT molecular complexity index is 257. The van der Waals surface area contributed by atoms with Crippen molar-refractivity contribution >= 4 is 11.8 Å². The maximum absolute atomic E-state index is 10.9. The van der Waals surface area contributed by atoms with E-state index in [1.165, 1.54) is 0 Å². The van der Waals surface area contributed by atoms with E-state index in [1.807, 2.05) is 0 Å². The molecule has 1 heterocycles. The Labute approximate surface area is 62.3 Å². The second kappa shape index (κ2) is 3.00. The molecule has 1 aromatic rings. The number of carbonyl (C=O) groups is 1.